The van der Waals surface area contributed by atoms with Crippen LogP contribution in [0.5, 0.6) is 0 Å². The minimum Gasteiger partial charge on any atom is -0.277 e. The Hall–Kier alpha value is 1.51. The fraction of sp³-hybridized carbons (Fsp3) is 1.00. The highest BCUT2D eigenvalue weighted by molar-refractivity contribution is 7.56. The molecule has 4 nitrogen and oxygen atoms in total. The average Bonchev–Trinajstić information content (AvgIpc) is 2.00. The summed E-state index contributed by atoms with van der Waals surface area (Å²) in [4.78, 5) is 0. The number of nitrogens with zero attached hydrogens (tertiary/aromatic N) is 3. The lowest BCUT2D eigenvalue weighted by Crippen LogP contribution is -2.30. The van der Waals surface area contributed by atoms with E-state index in [-0.39, 0.29) is 0 Å². The largest absolute Gasteiger partial charge is 0.643 e. The summed E-state index contributed by atoms with van der Waals surface area (Å²) in [6.45, 7) is 0. The molecule has 0 aliphatic carbocycles. The lowest BCUT2D eigenvalue weighted by atomic mass is 11.2. The second-order valence-electron chi connectivity index (χ2n) is 3.33. The van der Waals surface area contributed by atoms with E-state index in [1.165, 1.54) is 0 Å². The Morgan fingerprint density at radius 1 is 0.800 bits per heavy atom. The van der Waals surface area contributed by atoms with Crippen LogP contribution in [0.15, 0.2) is 0 Å². The number of halogens is 3. The monoisotopic (exact) mass is 312 g/mol. The Balaban J connectivity index is 0. The lowest BCUT2D eigenvalue weighted by molar-refractivity contribution is 0.416. The summed E-state index contributed by atoms with van der Waals surface area (Å²) in [5.74, 6) is 0. The van der Waals surface area contributed by atoms with Crippen LogP contribution in [0.1, 0.15) is 0 Å². The molecular weight excluding hydrogens is 294 g/mol. The maximum Gasteiger partial charge on any atom is 0.643 e. The van der Waals surface area contributed by atoms with Crippen molar-refractivity contribution in [1.29, 1.82) is 0 Å². The molecule has 0 saturated carbocycles. The third kappa shape index (κ3) is 7.44. The van der Waals surface area contributed by atoms with Crippen LogP contribution in [0.25, 0.3) is 0 Å². The van der Waals surface area contributed by atoms with Crippen molar-refractivity contribution in [2.24, 2.45) is 0 Å². The van der Waals surface area contributed by atoms with Crippen molar-refractivity contribution >= 4 is 49.1 Å². The van der Waals surface area contributed by atoms with Gasteiger partial charge in [0.2, 0.25) is 0 Å². The molecule has 0 aliphatic heterocycles. The molecular formula is C6H19AlCl3N3OP+. The number of hydrogen-bond acceptors (Lipinski definition) is 0. The van der Waals surface area contributed by atoms with Gasteiger partial charge in [0.25, 0.3) is 0 Å². The molecule has 0 heterocycles. The maximum atomic E-state index is 10.1. The molecule has 0 fully saturated rings. The van der Waals surface area contributed by atoms with Crippen molar-refractivity contribution in [2.45, 2.75) is 0 Å². The first kappa shape index (κ1) is 18.9. The second kappa shape index (κ2) is 8.58. The molecule has 0 spiro atoms. The fourth-order valence-electron chi connectivity index (χ4n) is 1.07. The quantitative estimate of drug-likeness (QED) is 0.455. The maximum absolute atomic E-state index is 10.1. The molecule has 15 heavy (non-hydrogen) atoms. The summed E-state index contributed by atoms with van der Waals surface area (Å²) in [5.41, 5.74) is 0. The molecule has 0 atom stereocenters. The van der Waals surface area contributed by atoms with Crippen LogP contribution >= 0.6 is 37.7 Å². The van der Waals surface area contributed by atoms with Gasteiger partial charge in [-0.25, -0.2) is 30.1 Å². The van der Waals surface area contributed by atoms with Gasteiger partial charge in [-0.15, -0.1) is 0 Å². The Labute approximate surface area is 110 Å². The van der Waals surface area contributed by atoms with Gasteiger partial charge < -0.3 is 0 Å². The lowest BCUT2D eigenvalue weighted by Gasteiger charge is -2.28. The molecule has 92 valence electrons. The van der Waals surface area contributed by atoms with E-state index in [9.17, 15) is 4.57 Å². The van der Waals surface area contributed by atoms with Crippen LogP contribution in [0, 0.1) is 0 Å². The van der Waals surface area contributed by atoms with E-state index in [4.69, 9.17) is 30.1 Å². The summed E-state index contributed by atoms with van der Waals surface area (Å²) in [7, 11) is 23.9. The first-order valence-electron chi connectivity index (χ1n) is 4.14. The van der Waals surface area contributed by atoms with E-state index in [0.717, 1.165) is 0 Å². The van der Waals surface area contributed by atoms with Crippen molar-refractivity contribution in [1.82, 2.24) is 14.0 Å². The highest BCUT2D eigenvalue weighted by atomic mass is 35.8. The minimum absolute atomic E-state index is 1.72. The Morgan fingerprint density at radius 3 is 0.933 bits per heavy atom. The van der Waals surface area contributed by atoms with E-state index < -0.39 is 19.0 Å². The summed E-state index contributed by atoms with van der Waals surface area (Å²) in [6.07, 6.45) is 0. The number of hydrogen-bond donors (Lipinski definition) is 0. The van der Waals surface area contributed by atoms with Crippen molar-refractivity contribution < 1.29 is 4.57 Å². The third-order valence-electron chi connectivity index (χ3n) is 1.61. The molecule has 0 amide bonds. The average molecular weight is 314 g/mol. The van der Waals surface area contributed by atoms with Crippen molar-refractivity contribution in [3.8, 4) is 0 Å². The summed E-state index contributed by atoms with van der Waals surface area (Å²) in [6, 6.07) is 0. The molecule has 0 radical (unpaired) electrons. The van der Waals surface area contributed by atoms with Crippen LogP contribution in [0.4, 0.5) is 0 Å². The summed E-state index contributed by atoms with van der Waals surface area (Å²) in [5, 5.41) is 0. The molecule has 0 bridgehead atoms. The van der Waals surface area contributed by atoms with E-state index in [0.29, 0.717) is 0 Å². The van der Waals surface area contributed by atoms with Gasteiger partial charge in [-0.3, -0.25) is 4.57 Å². The Morgan fingerprint density at radius 2 is 0.933 bits per heavy atom. The predicted molar refractivity (Wildman–Crippen MR) is 73.2 cm³/mol. The second-order valence-corrected chi connectivity index (χ2v) is 13.2. The molecule has 0 unspecified atom stereocenters. The molecule has 9 heteroatoms. The van der Waals surface area contributed by atoms with E-state index in [1.54, 1.807) is 0 Å². The van der Waals surface area contributed by atoms with Crippen molar-refractivity contribution in [2.75, 3.05) is 42.3 Å². The predicted octanol–water partition coefficient (Wildman–Crippen LogP) is 2.41. The van der Waals surface area contributed by atoms with Gasteiger partial charge in [0.1, 0.15) is 0 Å². The van der Waals surface area contributed by atoms with Gasteiger partial charge in [-0.2, -0.15) is 14.0 Å². The number of rotatable bonds is 3. The van der Waals surface area contributed by atoms with Crippen molar-refractivity contribution in [3.05, 3.63) is 0 Å². The smallest absolute Gasteiger partial charge is 0.277 e. The summed E-state index contributed by atoms with van der Waals surface area (Å²) < 4.78 is 15.7. The zero-order valence-electron chi connectivity index (χ0n) is 9.95. The zero-order valence-corrected chi connectivity index (χ0v) is 14.3. The molecule has 0 aromatic rings. The minimum atomic E-state index is -2.19. The topological polar surface area (TPSA) is 31.1 Å². The fourth-order valence-corrected chi connectivity index (χ4v) is 3.22. The first-order chi connectivity index (χ1) is 6.56. The molecule has 0 rings (SSSR count). The van der Waals surface area contributed by atoms with Crippen LogP contribution < -0.4 is 0 Å². The Kier molecular flexibility index (Phi) is 10.8. The first-order valence-corrected chi connectivity index (χ1v) is 11.0. The van der Waals surface area contributed by atoms with Crippen LogP contribution in [0.2, 0.25) is 0 Å². The zero-order chi connectivity index (χ0) is 12.8. The van der Waals surface area contributed by atoms with E-state index >= 15 is 0 Å². The van der Waals surface area contributed by atoms with Gasteiger partial charge in [-0.1, -0.05) is 0 Å². The molecule has 0 aromatic carbocycles. The van der Waals surface area contributed by atoms with Crippen molar-refractivity contribution in [3.63, 3.8) is 0 Å². The third-order valence-corrected chi connectivity index (χ3v) is 4.83. The van der Waals surface area contributed by atoms with E-state index in [2.05, 4.69) is 0 Å². The van der Waals surface area contributed by atoms with Gasteiger partial charge in [-0.05, 0) is 0 Å². The van der Waals surface area contributed by atoms with Gasteiger partial charge >= 0.3 is 19.0 Å². The molecule has 0 saturated heterocycles. The summed E-state index contributed by atoms with van der Waals surface area (Å²) >= 11 is -1.72. The SMILES string of the molecule is CN(C)P(=[OH+])(N(C)C)N(C)C.[Cl][Al]([Cl])[Cl]. The highest BCUT2D eigenvalue weighted by Crippen LogP contribution is 2.50. The van der Waals surface area contributed by atoms with Gasteiger partial charge in [0.15, 0.2) is 0 Å². The van der Waals surface area contributed by atoms with E-state index in [1.807, 2.05) is 56.3 Å². The van der Waals surface area contributed by atoms with Crippen LogP contribution in [-0.4, -0.2) is 72.2 Å². The molecule has 0 aromatic heterocycles. The Bertz CT molecular complexity index is 185. The van der Waals surface area contributed by atoms with Gasteiger partial charge in [0, 0.05) is 42.3 Å². The van der Waals surface area contributed by atoms with Crippen LogP contribution in [-0.2, 0) is 0 Å². The standard InChI is InChI=1S/C6H18N3OP.Al.3ClH/c1-7(2)11(10,8(3)4)9(5)6;;;;/h1-6H3;;3*1H/q;+3;;;/p-2. The molecule has 0 aliphatic rings. The van der Waals surface area contributed by atoms with Crippen LogP contribution in [0.3, 0.4) is 0 Å². The highest BCUT2D eigenvalue weighted by Gasteiger charge is 2.38. The normalized spacial score (nSPS) is 11.7. The molecule has 1 N–H and O–H groups in total. The van der Waals surface area contributed by atoms with Gasteiger partial charge in [0.05, 0.1) is 0 Å².